The molecule has 13 heteroatoms. The van der Waals surface area contributed by atoms with Crippen molar-refractivity contribution >= 4 is 29.0 Å². The minimum absolute atomic E-state index is 0.162. The predicted octanol–water partition coefficient (Wildman–Crippen LogP) is -0.283. The van der Waals surface area contributed by atoms with E-state index >= 15 is 0 Å². The van der Waals surface area contributed by atoms with Gasteiger partial charge in [-0.05, 0) is 18.1 Å². The van der Waals surface area contributed by atoms with Gasteiger partial charge in [0.1, 0.15) is 36.2 Å². The molecule has 0 aliphatic carbocycles. The summed E-state index contributed by atoms with van der Waals surface area (Å²) in [6.45, 7) is 0.828. The Kier molecular flexibility index (Phi) is 8.07. The summed E-state index contributed by atoms with van der Waals surface area (Å²) in [5.41, 5.74) is 13.5. The monoisotopic (exact) mass is 508 g/mol. The number of nitrogens with two attached hydrogens (primary N) is 2. The van der Waals surface area contributed by atoms with Gasteiger partial charge in [0.2, 0.25) is 0 Å². The molecule has 13 nitrogen and oxygen atoms in total. The number of benzene rings is 1. The zero-order valence-electron chi connectivity index (χ0n) is 19.8. The third kappa shape index (κ3) is 5.74. The van der Waals surface area contributed by atoms with Crippen LogP contribution < -0.4 is 11.5 Å². The smallest absolute Gasteiger partial charge is 0.320 e. The number of hydrogen-bond donors (Lipinski definition) is 5. The first-order valence-corrected chi connectivity index (χ1v) is 11.6. The summed E-state index contributed by atoms with van der Waals surface area (Å²) < 4.78 is 7.52. The van der Waals surface area contributed by atoms with Crippen molar-refractivity contribution < 1.29 is 24.9 Å². The quantitative estimate of drug-likeness (QED) is 0.239. The lowest BCUT2D eigenvalue weighted by atomic mass is 10.1. The number of aliphatic hydroxyl groups is 2. The van der Waals surface area contributed by atoms with E-state index in [4.69, 9.17) is 16.2 Å². The number of rotatable bonds is 10. The fourth-order valence-electron chi connectivity index (χ4n) is 4.20. The van der Waals surface area contributed by atoms with Crippen molar-refractivity contribution in [3.8, 4) is 6.07 Å². The van der Waals surface area contributed by atoms with Gasteiger partial charge < -0.3 is 31.5 Å². The lowest BCUT2D eigenvalue weighted by Crippen LogP contribution is -2.42. The van der Waals surface area contributed by atoms with E-state index in [-0.39, 0.29) is 18.8 Å². The Balaban J connectivity index is 1.50. The van der Waals surface area contributed by atoms with Gasteiger partial charge in [-0.25, -0.2) is 15.0 Å². The van der Waals surface area contributed by atoms with E-state index in [0.717, 1.165) is 5.56 Å². The molecule has 0 radical (unpaired) electrons. The number of imidazole rings is 1. The molecular formula is C24H28N8O5. The number of fused-ring (bicyclic) bond motifs is 1. The minimum atomic E-state index is -1.28. The molecule has 0 bridgehead atoms. The average Bonchev–Trinajstić information content (AvgIpc) is 3.44. The van der Waals surface area contributed by atoms with Crippen molar-refractivity contribution in [2.75, 3.05) is 25.4 Å². The van der Waals surface area contributed by atoms with Gasteiger partial charge in [-0.2, -0.15) is 5.26 Å². The maximum Gasteiger partial charge on any atom is 0.320 e. The second-order valence-electron chi connectivity index (χ2n) is 8.72. The highest BCUT2D eigenvalue weighted by molar-refractivity contribution is 5.81. The third-order valence-electron chi connectivity index (χ3n) is 6.25. The number of nitrogens with zero attached hydrogens (tertiary/aromatic N) is 6. The van der Waals surface area contributed by atoms with Crippen LogP contribution in [-0.2, 0) is 9.53 Å². The van der Waals surface area contributed by atoms with Crippen molar-refractivity contribution in [3.05, 3.63) is 54.1 Å². The van der Waals surface area contributed by atoms with E-state index in [2.05, 4.69) is 21.0 Å². The number of nitriles is 1. The highest BCUT2D eigenvalue weighted by Gasteiger charge is 2.44. The van der Waals surface area contributed by atoms with Crippen LogP contribution in [0.3, 0.4) is 0 Å². The van der Waals surface area contributed by atoms with Crippen LogP contribution >= 0.6 is 0 Å². The number of aromatic nitrogens is 4. The Hall–Kier alpha value is -3.93. The Bertz CT molecular complexity index is 1320. The largest absolute Gasteiger partial charge is 0.480 e. The summed E-state index contributed by atoms with van der Waals surface area (Å²) in [5, 5.41) is 40.0. The molecule has 0 amide bonds. The molecule has 0 spiro atoms. The van der Waals surface area contributed by atoms with Gasteiger partial charge in [0.15, 0.2) is 17.7 Å². The molecule has 4 rings (SSSR count). The first-order chi connectivity index (χ1) is 17.8. The number of carbonyl (C=O) groups is 1. The van der Waals surface area contributed by atoms with Gasteiger partial charge in [0, 0.05) is 19.6 Å². The standard InChI is InChI=1S/C24H28N8O5/c25-10-15-5-2-1-4-14(15)6-3-8-31(9-7-16(26)24(35)36)11-17-19(33)20(34)23(37-17)32-13-30-18-21(27)28-12-29-22(18)32/h1-6,12-13,16-17,19-20,23,33-34H,7-9,11,26H2,(H,35,36)(H2,27,28,29)/b6-3+/t16-,17+,19+,20+,23+/m0/s1. The highest BCUT2D eigenvalue weighted by Crippen LogP contribution is 2.32. The van der Waals surface area contributed by atoms with Crippen LogP contribution in [0.25, 0.3) is 17.2 Å². The Morgan fingerprint density at radius 3 is 2.81 bits per heavy atom. The Morgan fingerprint density at radius 1 is 1.27 bits per heavy atom. The summed E-state index contributed by atoms with van der Waals surface area (Å²) in [5.74, 6) is -0.932. The van der Waals surface area contributed by atoms with Crippen molar-refractivity contribution in [3.63, 3.8) is 0 Å². The zero-order chi connectivity index (χ0) is 26.5. The van der Waals surface area contributed by atoms with Gasteiger partial charge in [-0.3, -0.25) is 14.3 Å². The summed E-state index contributed by atoms with van der Waals surface area (Å²) in [6, 6.07) is 8.22. The maximum atomic E-state index is 11.2. The van der Waals surface area contributed by atoms with Gasteiger partial charge in [-0.15, -0.1) is 0 Å². The van der Waals surface area contributed by atoms with Crippen molar-refractivity contribution in [1.82, 2.24) is 24.4 Å². The number of aliphatic carboxylic acids is 1. The SMILES string of the molecule is N#Cc1ccccc1/C=C/CN(CC[C@H](N)C(=O)O)C[C@H]1O[C@@H](n2cnc3c(N)ncnc32)[C@H](O)[C@@H]1O. The molecule has 0 unspecified atom stereocenters. The molecular weight excluding hydrogens is 480 g/mol. The highest BCUT2D eigenvalue weighted by atomic mass is 16.6. The van der Waals surface area contributed by atoms with Crippen LogP contribution in [0.5, 0.6) is 0 Å². The lowest BCUT2D eigenvalue weighted by Gasteiger charge is -2.26. The van der Waals surface area contributed by atoms with Gasteiger partial charge in [0.05, 0.1) is 18.0 Å². The van der Waals surface area contributed by atoms with Crippen LogP contribution in [0.15, 0.2) is 43.0 Å². The number of anilines is 1. The number of ether oxygens (including phenoxy) is 1. The summed E-state index contributed by atoms with van der Waals surface area (Å²) >= 11 is 0. The molecule has 37 heavy (non-hydrogen) atoms. The van der Waals surface area contributed by atoms with Crippen LogP contribution in [-0.4, -0.2) is 89.7 Å². The molecule has 5 atom stereocenters. The summed E-state index contributed by atoms with van der Waals surface area (Å²) in [4.78, 5) is 25.3. The summed E-state index contributed by atoms with van der Waals surface area (Å²) in [7, 11) is 0. The van der Waals surface area contributed by atoms with Crippen LogP contribution in [0.4, 0.5) is 5.82 Å². The van der Waals surface area contributed by atoms with E-state index in [9.17, 15) is 25.4 Å². The molecule has 3 heterocycles. The van der Waals surface area contributed by atoms with E-state index in [1.54, 1.807) is 18.2 Å². The topological polar surface area (TPSA) is 210 Å². The van der Waals surface area contributed by atoms with Gasteiger partial charge >= 0.3 is 5.97 Å². The van der Waals surface area contributed by atoms with E-state index in [1.165, 1.54) is 17.2 Å². The first kappa shape index (κ1) is 26.1. The number of carboxylic acid groups (broad SMARTS) is 1. The number of hydrogen-bond acceptors (Lipinski definition) is 11. The molecule has 7 N–H and O–H groups in total. The average molecular weight is 509 g/mol. The van der Waals surface area contributed by atoms with Crippen molar-refractivity contribution in [1.29, 1.82) is 5.26 Å². The second-order valence-corrected chi connectivity index (χ2v) is 8.72. The molecule has 1 aromatic carbocycles. The normalized spacial score (nSPS) is 22.6. The van der Waals surface area contributed by atoms with Crippen molar-refractivity contribution in [2.24, 2.45) is 5.73 Å². The molecule has 2 aromatic heterocycles. The lowest BCUT2D eigenvalue weighted by molar-refractivity contribution is -0.138. The van der Waals surface area contributed by atoms with Crippen molar-refractivity contribution in [2.45, 2.75) is 37.0 Å². The maximum absolute atomic E-state index is 11.2. The summed E-state index contributed by atoms with van der Waals surface area (Å²) in [6.07, 6.45) is 2.19. The van der Waals surface area contributed by atoms with Crippen LogP contribution in [0, 0.1) is 11.3 Å². The predicted molar refractivity (Wildman–Crippen MR) is 133 cm³/mol. The molecule has 194 valence electrons. The molecule has 1 saturated heterocycles. The fourth-order valence-corrected chi connectivity index (χ4v) is 4.20. The Morgan fingerprint density at radius 2 is 2.05 bits per heavy atom. The molecule has 1 aliphatic rings. The second kappa shape index (κ2) is 11.4. The Labute approximate surface area is 212 Å². The minimum Gasteiger partial charge on any atom is -0.480 e. The molecule has 3 aromatic rings. The molecule has 1 aliphatic heterocycles. The van der Waals surface area contributed by atoms with Crippen LogP contribution in [0.1, 0.15) is 23.8 Å². The first-order valence-electron chi connectivity index (χ1n) is 11.6. The molecule has 0 saturated carbocycles. The third-order valence-corrected chi connectivity index (χ3v) is 6.25. The number of aliphatic hydroxyl groups excluding tert-OH is 2. The molecule has 1 fully saturated rings. The van der Waals surface area contributed by atoms with Crippen LogP contribution in [0.2, 0.25) is 0 Å². The number of nitrogen functional groups attached to an aromatic ring is 1. The van der Waals surface area contributed by atoms with E-state index in [1.807, 2.05) is 23.1 Å². The van der Waals surface area contributed by atoms with E-state index < -0.39 is 36.6 Å². The van der Waals surface area contributed by atoms with E-state index in [0.29, 0.717) is 29.8 Å². The fraction of sp³-hybridized carbons (Fsp3) is 0.375. The zero-order valence-corrected chi connectivity index (χ0v) is 19.8. The van der Waals surface area contributed by atoms with Gasteiger partial charge in [0.25, 0.3) is 0 Å². The van der Waals surface area contributed by atoms with Gasteiger partial charge in [-0.1, -0.05) is 30.4 Å². The number of carboxylic acids is 1.